The number of aromatic nitrogens is 4. The van der Waals surface area contributed by atoms with Crippen molar-refractivity contribution in [2.45, 2.75) is 0 Å². The molecule has 0 aliphatic carbocycles. The maximum atomic E-state index is 11.9. The van der Waals surface area contributed by atoms with Crippen LogP contribution in [0.25, 0.3) is 17.0 Å². The number of pyridine rings is 1. The van der Waals surface area contributed by atoms with Crippen LogP contribution in [0.15, 0.2) is 47.5 Å². The minimum atomic E-state index is -0.108. The van der Waals surface area contributed by atoms with Crippen molar-refractivity contribution in [3.63, 3.8) is 0 Å². The molecule has 0 N–H and O–H groups in total. The lowest BCUT2D eigenvalue weighted by Gasteiger charge is -2.01. The van der Waals surface area contributed by atoms with Crippen LogP contribution >= 0.6 is 0 Å². The molecule has 0 bridgehead atoms. The number of hydrogen-bond acceptors (Lipinski definition) is 3. The van der Waals surface area contributed by atoms with Crippen LogP contribution in [0, 0.1) is 0 Å². The predicted molar refractivity (Wildman–Crippen MR) is 63.7 cm³/mol. The minimum absolute atomic E-state index is 0.108. The third-order valence-electron chi connectivity index (χ3n) is 2.60. The van der Waals surface area contributed by atoms with E-state index in [1.807, 2.05) is 18.2 Å². The molecule has 0 aromatic carbocycles. The Bertz CT molecular complexity index is 727. The minimum Gasteiger partial charge on any atom is -0.287 e. The molecule has 0 spiro atoms. The molecule has 0 unspecified atom stereocenters. The Balaban J connectivity index is 2.30. The number of fused-ring (bicyclic) bond motifs is 1. The lowest BCUT2D eigenvalue weighted by molar-refractivity contribution is 0.681. The maximum Gasteiger partial charge on any atom is 0.273 e. The topological polar surface area (TPSA) is 52.2 Å². The van der Waals surface area contributed by atoms with E-state index >= 15 is 0 Å². The third-order valence-corrected chi connectivity index (χ3v) is 2.60. The SMILES string of the molecule is Cn1ccc2nc(-c3ccccn3)cc(=O)n21. The first-order valence-electron chi connectivity index (χ1n) is 5.22. The van der Waals surface area contributed by atoms with Gasteiger partial charge in [-0.05, 0) is 12.1 Å². The quantitative estimate of drug-likeness (QED) is 0.624. The molecule has 0 saturated carbocycles. The first-order valence-corrected chi connectivity index (χ1v) is 5.22. The van der Waals surface area contributed by atoms with Crippen molar-refractivity contribution in [2.24, 2.45) is 7.05 Å². The Labute approximate surface area is 97.0 Å². The van der Waals surface area contributed by atoms with Gasteiger partial charge in [0.2, 0.25) is 0 Å². The average molecular weight is 226 g/mol. The van der Waals surface area contributed by atoms with Gasteiger partial charge in [-0.25, -0.2) is 4.98 Å². The maximum absolute atomic E-state index is 11.9. The highest BCUT2D eigenvalue weighted by atomic mass is 16.1. The first kappa shape index (κ1) is 9.77. The summed E-state index contributed by atoms with van der Waals surface area (Å²) in [4.78, 5) is 20.5. The fraction of sp³-hybridized carbons (Fsp3) is 0.0833. The van der Waals surface area contributed by atoms with E-state index in [0.717, 1.165) is 0 Å². The summed E-state index contributed by atoms with van der Waals surface area (Å²) in [6.07, 6.45) is 3.48. The van der Waals surface area contributed by atoms with Crippen LogP contribution in [0.1, 0.15) is 0 Å². The van der Waals surface area contributed by atoms with Crippen molar-refractivity contribution in [3.05, 3.63) is 53.1 Å². The number of rotatable bonds is 1. The van der Waals surface area contributed by atoms with Gasteiger partial charge in [0, 0.05) is 31.6 Å². The molecule has 84 valence electrons. The summed E-state index contributed by atoms with van der Waals surface area (Å²) in [6.45, 7) is 0. The second-order valence-electron chi connectivity index (χ2n) is 3.75. The third kappa shape index (κ3) is 1.52. The summed E-state index contributed by atoms with van der Waals surface area (Å²) in [5, 5.41) is 0. The molecular formula is C12H10N4O. The Morgan fingerprint density at radius 3 is 2.82 bits per heavy atom. The second-order valence-corrected chi connectivity index (χ2v) is 3.75. The number of aryl methyl sites for hydroxylation is 1. The number of nitrogens with zero attached hydrogens (tertiary/aromatic N) is 4. The van der Waals surface area contributed by atoms with Gasteiger partial charge in [-0.1, -0.05) is 6.07 Å². The van der Waals surface area contributed by atoms with Crippen LogP contribution < -0.4 is 5.56 Å². The van der Waals surface area contributed by atoms with Crippen LogP contribution in [0.5, 0.6) is 0 Å². The highest BCUT2D eigenvalue weighted by Crippen LogP contribution is 2.12. The molecule has 5 nitrogen and oxygen atoms in total. The summed E-state index contributed by atoms with van der Waals surface area (Å²) in [5.74, 6) is 0. The molecule has 0 aliphatic heterocycles. The van der Waals surface area contributed by atoms with Crippen molar-refractivity contribution in [1.82, 2.24) is 19.2 Å². The Kier molecular flexibility index (Phi) is 2.04. The van der Waals surface area contributed by atoms with Gasteiger partial charge in [0.25, 0.3) is 5.56 Å². The van der Waals surface area contributed by atoms with Crippen LogP contribution in [0.3, 0.4) is 0 Å². The summed E-state index contributed by atoms with van der Waals surface area (Å²) in [6, 6.07) is 8.83. The molecule has 0 radical (unpaired) electrons. The van der Waals surface area contributed by atoms with Gasteiger partial charge in [-0.15, -0.1) is 0 Å². The van der Waals surface area contributed by atoms with E-state index in [4.69, 9.17) is 0 Å². The largest absolute Gasteiger partial charge is 0.287 e. The fourth-order valence-corrected chi connectivity index (χ4v) is 1.81. The second kappa shape index (κ2) is 3.55. The van der Waals surface area contributed by atoms with E-state index in [2.05, 4.69) is 9.97 Å². The van der Waals surface area contributed by atoms with Crippen molar-refractivity contribution in [1.29, 1.82) is 0 Å². The van der Waals surface area contributed by atoms with Crippen molar-refractivity contribution >= 4 is 5.65 Å². The smallest absolute Gasteiger partial charge is 0.273 e. The van der Waals surface area contributed by atoms with Crippen LogP contribution in [-0.4, -0.2) is 19.2 Å². The first-order chi connectivity index (χ1) is 8.25. The molecular weight excluding hydrogens is 216 g/mol. The van der Waals surface area contributed by atoms with E-state index < -0.39 is 0 Å². The molecule has 0 atom stereocenters. The normalized spacial score (nSPS) is 10.9. The van der Waals surface area contributed by atoms with Gasteiger partial charge in [-0.2, -0.15) is 4.52 Å². The van der Waals surface area contributed by atoms with Crippen molar-refractivity contribution in [3.8, 4) is 11.4 Å². The number of hydrogen-bond donors (Lipinski definition) is 0. The van der Waals surface area contributed by atoms with E-state index in [1.165, 1.54) is 10.6 Å². The van der Waals surface area contributed by atoms with Crippen LogP contribution in [0.2, 0.25) is 0 Å². The predicted octanol–water partition coefficient (Wildman–Crippen LogP) is 1.09. The van der Waals surface area contributed by atoms with Gasteiger partial charge in [0.1, 0.15) is 0 Å². The van der Waals surface area contributed by atoms with E-state index in [0.29, 0.717) is 17.0 Å². The zero-order valence-corrected chi connectivity index (χ0v) is 9.24. The lowest BCUT2D eigenvalue weighted by Crippen LogP contribution is -2.18. The summed E-state index contributed by atoms with van der Waals surface area (Å²) >= 11 is 0. The molecule has 17 heavy (non-hydrogen) atoms. The molecule has 0 fully saturated rings. The highest BCUT2D eigenvalue weighted by molar-refractivity contribution is 5.56. The molecule has 3 aromatic heterocycles. The Hall–Kier alpha value is -2.43. The van der Waals surface area contributed by atoms with Gasteiger partial charge in [0.15, 0.2) is 5.65 Å². The van der Waals surface area contributed by atoms with E-state index in [1.54, 1.807) is 30.2 Å². The molecule has 3 aromatic rings. The highest BCUT2D eigenvalue weighted by Gasteiger charge is 2.06. The van der Waals surface area contributed by atoms with Gasteiger partial charge in [0.05, 0.1) is 11.4 Å². The van der Waals surface area contributed by atoms with Gasteiger partial charge < -0.3 is 0 Å². The van der Waals surface area contributed by atoms with Crippen molar-refractivity contribution < 1.29 is 0 Å². The van der Waals surface area contributed by atoms with Crippen LogP contribution in [0.4, 0.5) is 0 Å². The van der Waals surface area contributed by atoms with E-state index in [9.17, 15) is 4.79 Å². The fourth-order valence-electron chi connectivity index (χ4n) is 1.81. The van der Waals surface area contributed by atoms with Crippen LogP contribution in [-0.2, 0) is 7.05 Å². The zero-order chi connectivity index (χ0) is 11.8. The summed E-state index contributed by atoms with van der Waals surface area (Å²) in [5.41, 5.74) is 1.82. The lowest BCUT2D eigenvalue weighted by atomic mass is 10.2. The zero-order valence-electron chi connectivity index (χ0n) is 9.24. The summed E-state index contributed by atoms with van der Waals surface area (Å²) in [7, 11) is 1.80. The Morgan fingerprint density at radius 2 is 2.06 bits per heavy atom. The average Bonchev–Trinajstić information content (AvgIpc) is 2.73. The van der Waals surface area contributed by atoms with Gasteiger partial charge >= 0.3 is 0 Å². The van der Waals surface area contributed by atoms with E-state index in [-0.39, 0.29) is 5.56 Å². The standard InChI is InChI=1S/C12H10N4O/c1-15-7-5-11-14-10(8-12(17)16(11)15)9-4-2-3-6-13-9/h2-8H,1H3. The monoisotopic (exact) mass is 226 g/mol. The molecule has 3 heterocycles. The Morgan fingerprint density at radius 1 is 1.18 bits per heavy atom. The molecule has 3 rings (SSSR count). The molecule has 0 amide bonds. The van der Waals surface area contributed by atoms with Gasteiger partial charge in [-0.3, -0.25) is 14.5 Å². The molecule has 0 saturated heterocycles. The van der Waals surface area contributed by atoms with Crippen molar-refractivity contribution in [2.75, 3.05) is 0 Å². The molecule has 0 aliphatic rings. The molecule has 5 heteroatoms. The summed E-state index contributed by atoms with van der Waals surface area (Å²) < 4.78 is 3.21.